The molecule has 1 N–H and O–H groups in total. The van der Waals surface area contributed by atoms with Crippen molar-refractivity contribution < 1.29 is 19.0 Å². The maximum absolute atomic E-state index is 11.6. The van der Waals surface area contributed by atoms with E-state index in [1.54, 1.807) is 43.4 Å². The lowest BCUT2D eigenvalue weighted by Gasteiger charge is -2.13. The summed E-state index contributed by atoms with van der Waals surface area (Å²) < 4.78 is 17.2. The minimum absolute atomic E-state index is 0.149. The van der Waals surface area contributed by atoms with E-state index >= 15 is 0 Å². The molecule has 1 fully saturated rings. The normalized spacial score (nSPS) is 19.9. The van der Waals surface area contributed by atoms with Gasteiger partial charge < -0.3 is 19.5 Å². The van der Waals surface area contributed by atoms with Crippen molar-refractivity contribution in [3.8, 4) is 5.75 Å². The summed E-state index contributed by atoms with van der Waals surface area (Å²) in [6, 6.07) is 14.4. The molecule has 2 aromatic rings. The Bertz CT molecular complexity index is 704. The van der Waals surface area contributed by atoms with Crippen LogP contribution < -0.4 is 10.1 Å². The fraction of sp³-hybridized carbons (Fsp3) is 0.278. The zero-order chi connectivity index (χ0) is 16.9. The number of nitrogens with one attached hydrogen (secondary N) is 1. The van der Waals surface area contributed by atoms with Crippen LogP contribution in [0.3, 0.4) is 0 Å². The Labute approximate surface area is 145 Å². The Morgan fingerprint density at radius 1 is 1.29 bits per heavy atom. The molecule has 2 aromatic carbocycles. The summed E-state index contributed by atoms with van der Waals surface area (Å²) in [5, 5.41) is 3.26. The molecule has 3 rings (SSSR count). The van der Waals surface area contributed by atoms with Gasteiger partial charge in [0.2, 0.25) is 0 Å². The quantitative estimate of drug-likeness (QED) is 0.902. The number of carbonyl (C=O) groups is 1. The van der Waals surface area contributed by atoms with Gasteiger partial charge in [-0.2, -0.15) is 0 Å². The third kappa shape index (κ3) is 4.06. The van der Waals surface area contributed by atoms with Gasteiger partial charge in [0.1, 0.15) is 18.5 Å². The second-order valence-electron chi connectivity index (χ2n) is 5.39. The van der Waals surface area contributed by atoms with E-state index in [0.717, 1.165) is 5.56 Å². The van der Waals surface area contributed by atoms with Gasteiger partial charge in [-0.15, -0.1) is 0 Å². The van der Waals surface area contributed by atoms with Crippen LogP contribution in [0.15, 0.2) is 48.5 Å². The summed E-state index contributed by atoms with van der Waals surface area (Å²) in [5.74, 6) is 0.471. The molecular formula is C18H18ClNO4. The Morgan fingerprint density at radius 3 is 2.83 bits per heavy atom. The number of ether oxygens (including phenoxy) is 3. The summed E-state index contributed by atoms with van der Waals surface area (Å²) in [7, 11) is 1.59. The Morgan fingerprint density at radius 2 is 2.08 bits per heavy atom. The first-order chi connectivity index (χ1) is 11.7. The first-order valence-electron chi connectivity index (χ1n) is 7.63. The SMILES string of the molecule is CNC(=O)c1cccc(OC[C@@H]2CO[C@@H](c3ccc(Cl)cc3)O2)c1. The highest BCUT2D eigenvalue weighted by molar-refractivity contribution is 6.30. The van der Waals surface area contributed by atoms with Crippen LogP contribution in [0.4, 0.5) is 0 Å². The molecular weight excluding hydrogens is 330 g/mol. The van der Waals surface area contributed by atoms with Gasteiger partial charge >= 0.3 is 0 Å². The lowest BCUT2D eigenvalue weighted by molar-refractivity contribution is -0.0659. The number of carbonyl (C=O) groups excluding carboxylic acids is 1. The molecule has 2 atom stereocenters. The van der Waals surface area contributed by atoms with Crippen molar-refractivity contribution in [3.05, 3.63) is 64.7 Å². The lowest BCUT2D eigenvalue weighted by Crippen LogP contribution is -2.20. The lowest BCUT2D eigenvalue weighted by atomic mass is 10.2. The molecule has 0 bridgehead atoms. The average molecular weight is 348 g/mol. The van der Waals surface area contributed by atoms with Crippen molar-refractivity contribution in [1.29, 1.82) is 0 Å². The van der Waals surface area contributed by atoms with Crippen molar-refractivity contribution in [2.45, 2.75) is 12.4 Å². The minimum Gasteiger partial charge on any atom is -0.491 e. The molecule has 1 saturated heterocycles. The highest BCUT2D eigenvalue weighted by Crippen LogP contribution is 2.28. The maximum atomic E-state index is 11.6. The number of benzene rings is 2. The zero-order valence-corrected chi connectivity index (χ0v) is 14.0. The highest BCUT2D eigenvalue weighted by Gasteiger charge is 2.27. The van der Waals surface area contributed by atoms with E-state index in [4.69, 9.17) is 25.8 Å². The van der Waals surface area contributed by atoms with Gasteiger partial charge in [0.15, 0.2) is 6.29 Å². The number of hydrogen-bond acceptors (Lipinski definition) is 4. The van der Waals surface area contributed by atoms with Crippen molar-refractivity contribution in [2.24, 2.45) is 0 Å². The average Bonchev–Trinajstić information content (AvgIpc) is 3.09. The third-order valence-electron chi connectivity index (χ3n) is 3.65. The van der Waals surface area contributed by atoms with Gasteiger partial charge in [-0.05, 0) is 30.3 Å². The summed E-state index contributed by atoms with van der Waals surface area (Å²) in [4.78, 5) is 11.6. The van der Waals surface area contributed by atoms with Gasteiger partial charge in [-0.3, -0.25) is 4.79 Å². The number of halogens is 1. The van der Waals surface area contributed by atoms with Crippen LogP contribution in [0.5, 0.6) is 5.75 Å². The molecule has 1 heterocycles. The fourth-order valence-corrected chi connectivity index (χ4v) is 2.52. The molecule has 1 amide bonds. The molecule has 0 aliphatic carbocycles. The van der Waals surface area contributed by atoms with Crippen LogP contribution >= 0.6 is 11.6 Å². The van der Waals surface area contributed by atoms with Gasteiger partial charge in [-0.1, -0.05) is 29.8 Å². The zero-order valence-electron chi connectivity index (χ0n) is 13.2. The van der Waals surface area contributed by atoms with Crippen molar-refractivity contribution in [2.75, 3.05) is 20.3 Å². The third-order valence-corrected chi connectivity index (χ3v) is 3.90. The van der Waals surface area contributed by atoms with Crippen molar-refractivity contribution in [1.82, 2.24) is 5.32 Å². The monoisotopic (exact) mass is 347 g/mol. The minimum atomic E-state index is -0.409. The predicted octanol–water partition coefficient (Wildman–Crippen LogP) is 3.19. The highest BCUT2D eigenvalue weighted by atomic mass is 35.5. The maximum Gasteiger partial charge on any atom is 0.251 e. The van der Waals surface area contributed by atoms with Gasteiger partial charge in [-0.25, -0.2) is 0 Å². The van der Waals surface area contributed by atoms with Crippen molar-refractivity contribution >= 4 is 17.5 Å². The summed E-state index contributed by atoms with van der Waals surface area (Å²) in [6.45, 7) is 0.795. The van der Waals surface area contributed by atoms with Crippen LogP contribution in [-0.2, 0) is 9.47 Å². The van der Waals surface area contributed by atoms with Gasteiger partial charge in [0.05, 0.1) is 6.61 Å². The first kappa shape index (κ1) is 16.8. The van der Waals surface area contributed by atoms with E-state index in [-0.39, 0.29) is 12.0 Å². The summed E-state index contributed by atoms with van der Waals surface area (Å²) in [5.41, 5.74) is 1.47. The molecule has 1 aliphatic heterocycles. The van der Waals surface area contributed by atoms with Gasteiger partial charge in [0.25, 0.3) is 5.91 Å². The van der Waals surface area contributed by atoms with E-state index in [9.17, 15) is 4.79 Å². The van der Waals surface area contributed by atoms with E-state index in [2.05, 4.69) is 5.32 Å². The van der Waals surface area contributed by atoms with Crippen LogP contribution in [0.2, 0.25) is 5.02 Å². The van der Waals surface area contributed by atoms with Crippen LogP contribution in [0, 0.1) is 0 Å². The van der Waals surface area contributed by atoms with Gasteiger partial charge in [0, 0.05) is 23.2 Å². The van der Waals surface area contributed by atoms with E-state index < -0.39 is 6.29 Å². The molecule has 0 spiro atoms. The Hall–Kier alpha value is -2.08. The molecule has 6 heteroatoms. The standard InChI is InChI=1S/C18H18ClNO4/c1-20-17(21)13-3-2-4-15(9-13)22-10-16-11-23-18(24-16)12-5-7-14(19)8-6-12/h2-9,16,18H,10-11H2,1H3,(H,20,21)/t16-,18-/m1/s1. The molecule has 1 aliphatic rings. The van der Waals surface area contributed by atoms with Crippen molar-refractivity contribution in [3.63, 3.8) is 0 Å². The second kappa shape index (κ2) is 7.66. The Balaban J connectivity index is 1.54. The van der Waals surface area contributed by atoms with E-state index in [1.165, 1.54) is 0 Å². The number of amides is 1. The largest absolute Gasteiger partial charge is 0.491 e. The first-order valence-corrected chi connectivity index (χ1v) is 8.01. The smallest absolute Gasteiger partial charge is 0.251 e. The summed E-state index contributed by atoms with van der Waals surface area (Å²) >= 11 is 5.88. The molecule has 5 nitrogen and oxygen atoms in total. The summed E-state index contributed by atoms with van der Waals surface area (Å²) in [6.07, 6.45) is -0.581. The molecule has 0 aromatic heterocycles. The second-order valence-corrected chi connectivity index (χ2v) is 5.83. The number of hydrogen-bond donors (Lipinski definition) is 1. The molecule has 0 saturated carbocycles. The number of rotatable bonds is 5. The Kier molecular flexibility index (Phi) is 5.35. The molecule has 24 heavy (non-hydrogen) atoms. The molecule has 0 radical (unpaired) electrons. The van der Waals surface area contributed by atoms with Crippen LogP contribution in [0.1, 0.15) is 22.2 Å². The van der Waals surface area contributed by atoms with Crippen LogP contribution in [-0.4, -0.2) is 32.3 Å². The molecule has 126 valence electrons. The molecule has 0 unspecified atom stereocenters. The van der Waals surface area contributed by atoms with E-state index in [0.29, 0.717) is 29.5 Å². The topological polar surface area (TPSA) is 56.8 Å². The fourth-order valence-electron chi connectivity index (χ4n) is 2.39. The van der Waals surface area contributed by atoms with E-state index in [1.807, 2.05) is 12.1 Å². The predicted molar refractivity (Wildman–Crippen MR) is 90.3 cm³/mol. The van der Waals surface area contributed by atoms with Crippen LogP contribution in [0.25, 0.3) is 0 Å².